The minimum Gasteiger partial charge on any atom is -0.351 e. The molecule has 1 fully saturated rings. The van der Waals surface area contributed by atoms with Gasteiger partial charge in [0.05, 0.1) is 11.4 Å². The van der Waals surface area contributed by atoms with Crippen molar-refractivity contribution in [2.24, 2.45) is 5.73 Å². The highest BCUT2D eigenvalue weighted by atomic mass is 15.2. The summed E-state index contributed by atoms with van der Waals surface area (Å²) in [6.07, 6.45) is 5.92. The molecule has 5 nitrogen and oxygen atoms in total. The van der Waals surface area contributed by atoms with Gasteiger partial charge in [0.15, 0.2) is 0 Å². The Morgan fingerprint density at radius 2 is 1.82 bits per heavy atom. The van der Waals surface area contributed by atoms with Crippen molar-refractivity contribution in [3.8, 4) is 0 Å². The average Bonchev–Trinajstić information content (AvgIpc) is 2.32. The standard InChI is InChI=1S/C12H21N5/c1-9-10(2)16-17-11(15-9)14-8-12(13)6-4-3-5-7-12/h3-8,13H2,1-2H3,(H,14,15,17). The van der Waals surface area contributed by atoms with Crippen molar-refractivity contribution in [2.45, 2.75) is 51.5 Å². The van der Waals surface area contributed by atoms with Crippen LogP contribution in [0.15, 0.2) is 0 Å². The lowest BCUT2D eigenvalue weighted by Crippen LogP contribution is -2.47. The molecule has 1 aliphatic rings. The van der Waals surface area contributed by atoms with Crippen molar-refractivity contribution in [3.05, 3.63) is 11.4 Å². The van der Waals surface area contributed by atoms with Crippen LogP contribution in [-0.4, -0.2) is 27.3 Å². The Morgan fingerprint density at radius 3 is 2.47 bits per heavy atom. The molecule has 3 N–H and O–H groups in total. The zero-order valence-electron chi connectivity index (χ0n) is 10.7. The van der Waals surface area contributed by atoms with Crippen molar-refractivity contribution in [2.75, 3.05) is 11.9 Å². The molecule has 0 amide bonds. The van der Waals surface area contributed by atoms with Crippen LogP contribution in [0.5, 0.6) is 0 Å². The Bertz CT molecular complexity index is 384. The van der Waals surface area contributed by atoms with Gasteiger partial charge in [0.25, 0.3) is 0 Å². The molecule has 5 heteroatoms. The normalized spacial score (nSPS) is 19.0. The molecule has 0 saturated heterocycles. The number of nitrogens with two attached hydrogens (primary N) is 1. The van der Waals surface area contributed by atoms with E-state index in [1.54, 1.807) is 0 Å². The zero-order valence-corrected chi connectivity index (χ0v) is 10.7. The molecule has 0 radical (unpaired) electrons. The van der Waals surface area contributed by atoms with E-state index in [4.69, 9.17) is 5.73 Å². The van der Waals surface area contributed by atoms with E-state index in [2.05, 4.69) is 20.5 Å². The zero-order chi connectivity index (χ0) is 12.3. The third-order valence-electron chi connectivity index (χ3n) is 3.54. The summed E-state index contributed by atoms with van der Waals surface area (Å²) in [4.78, 5) is 4.35. The van der Waals surface area contributed by atoms with Crippen molar-refractivity contribution in [1.29, 1.82) is 0 Å². The van der Waals surface area contributed by atoms with Crippen molar-refractivity contribution in [3.63, 3.8) is 0 Å². The maximum Gasteiger partial charge on any atom is 0.243 e. The molecule has 0 bridgehead atoms. The Labute approximate surface area is 102 Å². The molecule has 0 unspecified atom stereocenters. The van der Waals surface area contributed by atoms with E-state index < -0.39 is 0 Å². The fourth-order valence-electron chi connectivity index (χ4n) is 2.22. The first-order valence-electron chi connectivity index (χ1n) is 6.30. The van der Waals surface area contributed by atoms with Gasteiger partial charge in [-0.05, 0) is 26.7 Å². The Hall–Kier alpha value is -1.23. The van der Waals surface area contributed by atoms with E-state index in [1.165, 1.54) is 19.3 Å². The van der Waals surface area contributed by atoms with E-state index in [0.29, 0.717) is 5.95 Å². The molecule has 1 aromatic rings. The predicted molar refractivity (Wildman–Crippen MR) is 67.8 cm³/mol. The molecular formula is C12H21N5. The first-order chi connectivity index (χ1) is 8.09. The maximum absolute atomic E-state index is 6.34. The molecule has 0 spiro atoms. The van der Waals surface area contributed by atoms with Crippen LogP contribution in [0.1, 0.15) is 43.5 Å². The molecule has 0 aromatic carbocycles. The van der Waals surface area contributed by atoms with Gasteiger partial charge in [-0.1, -0.05) is 19.3 Å². The van der Waals surface area contributed by atoms with E-state index in [0.717, 1.165) is 30.8 Å². The van der Waals surface area contributed by atoms with Gasteiger partial charge in [-0.2, -0.15) is 5.10 Å². The third kappa shape index (κ3) is 3.12. The van der Waals surface area contributed by atoms with Gasteiger partial charge in [-0.25, -0.2) is 4.98 Å². The van der Waals surface area contributed by atoms with Gasteiger partial charge >= 0.3 is 0 Å². The average molecular weight is 235 g/mol. The van der Waals surface area contributed by atoms with Gasteiger partial charge in [0.1, 0.15) is 0 Å². The summed E-state index contributed by atoms with van der Waals surface area (Å²) < 4.78 is 0. The number of anilines is 1. The Kier molecular flexibility index (Phi) is 3.57. The topological polar surface area (TPSA) is 76.7 Å². The number of hydrogen-bond donors (Lipinski definition) is 2. The van der Waals surface area contributed by atoms with E-state index in [1.807, 2.05) is 13.8 Å². The molecule has 1 aromatic heterocycles. The summed E-state index contributed by atoms with van der Waals surface area (Å²) in [5.74, 6) is 0.587. The second-order valence-corrected chi connectivity index (χ2v) is 5.08. The summed E-state index contributed by atoms with van der Waals surface area (Å²) in [6, 6.07) is 0. The number of aromatic nitrogens is 3. The molecule has 17 heavy (non-hydrogen) atoms. The fourth-order valence-corrected chi connectivity index (χ4v) is 2.22. The Morgan fingerprint density at radius 1 is 1.12 bits per heavy atom. The predicted octanol–water partition coefficient (Wildman–Crippen LogP) is 1.56. The lowest BCUT2D eigenvalue weighted by atomic mass is 9.82. The lowest BCUT2D eigenvalue weighted by molar-refractivity contribution is 0.310. The smallest absolute Gasteiger partial charge is 0.243 e. The minimum atomic E-state index is -0.0968. The van der Waals surface area contributed by atoms with Crippen LogP contribution in [0.25, 0.3) is 0 Å². The van der Waals surface area contributed by atoms with Crippen LogP contribution < -0.4 is 11.1 Å². The van der Waals surface area contributed by atoms with E-state index in [-0.39, 0.29) is 5.54 Å². The van der Waals surface area contributed by atoms with E-state index in [9.17, 15) is 0 Å². The molecule has 0 atom stereocenters. The van der Waals surface area contributed by atoms with Crippen LogP contribution in [-0.2, 0) is 0 Å². The van der Waals surface area contributed by atoms with Gasteiger partial charge in [0, 0.05) is 12.1 Å². The summed E-state index contributed by atoms with van der Waals surface area (Å²) in [6.45, 7) is 4.58. The van der Waals surface area contributed by atoms with Gasteiger partial charge < -0.3 is 11.1 Å². The molecule has 1 heterocycles. The van der Waals surface area contributed by atoms with Crippen LogP contribution in [0.3, 0.4) is 0 Å². The first-order valence-corrected chi connectivity index (χ1v) is 6.30. The molecule has 1 saturated carbocycles. The second kappa shape index (κ2) is 4.96. The highest BCUT2D eigenvalue weighted by Crippen LogP contribution is 2.25. The fraction of sp³-hybridized carbons (Fsp3) is 0.750. The Balaban J connectivity index is 1.94. The second-order valence-electron chi connectivity index (χ2n) is 5.08. The first kappa shape index (κ1) is 12.2. The van der Waals surface area contributed by atoms with Crippen LogP contribution in [0.2, 0.25) is 0 Å². The largest absolute Gasteiger partial charge is 0.351 e. The van der Waals surface area contributed by atoms with Crippen LogP contribution >= 0.6 is 0 Å². The SMILES string of the molecule is Cc1nnc(NCC2(N)CCCCC2)nc1C. The monoisotopic (exact) mass is 235 g/mol. The molecule has 0 aliphatic heterocycles. The van der Waals surface area contributed by atoms with E-state index >= 15 is 0 Å². The molecule has 1 aliphatic carbocycles. The number of aryl methyl sites for hydroxylation is 2. The highest BCUT2D eigenvalue weighted by Gasteiger charge is 2.27. The number of rotatable bonds is 3. The summed E-state index contributed by atoms with van der Waals surface area (Å²) in [7, 11) is 0. The lowest BCUT2D eigenvalue weighted by Gasteiger charge is -2.33. The van der Waals surface area contributed by atoms with Crippen LogP contribution in [0.4, 0.5) is 5.95 Å². The third-order valence-corrected chi connectivity index (χ3v) is 3.54. The van der Waals surface area contributed by atoms with Crippen molar-refractivity contribution >= 4 is 5.95 Å². The summed E-state index contributed by atoms with van der Waals surface area (Å²) >= 11 is 0. The number of nitrogens with zero attached hydrogens (tertiary/aromatic N) is 3. The summed E-state index contributed by atoms with van der Waals surface area (Å²) in [5, 5.41) is 11.3. The van der Waals surface area contributed by atoms with Crippen molar-refractivity contribution in [1.82, 2.24) is 15.2 Å². The molecule has 94 valence electrons. The quantitative estimate of drug-likeness (QED) is 0.831. The highest BCUT2D eigenvalue weighted by molar-refractivity contribution is 5.25. The maximum atomic E-state index is 6.34. The van der Waals surface area contributed by atoms with Gasteiger partial charge in [-0.3, -0.25) is 0 Å². The molecule has 2 rings (SSSR count). The van der Waals surface area contributed by atoms with Gasteiger partial charge in [-0.15, -0.1) is 5.10 Å². The number of hydrogen-bond acceptors (Lipinski definition) is 5. The number of nitrogens with one attached hydrogen (secondary N) is 1. The molecular weight excluding hydrogens is 214 g/mol. The van der Waals surface area contributed by atoms with Gasteiger partial charge in [0.2, 0.25) is 5.95 Å². The minimum absolute atomic E-state index is 0.0968. The summed E-state index contributed by atoms with van der Waals surface area (Å²) in [5.41, 5.74) is 8.02. The van der Waals surface area contributed by atoms with Crippen LogP contribution in [0, 0.1) is 13.8 Å². The van der Waals surface area contributed by atoms with Crippen molar-refractivity contribution < 1.29 is 0 Å².